The Morgan fingerprint density at radius 3 is 2.41 bits per heavy atom. The summed E-state index contributed by atoms with van der Waals surface area (Å²) in [6.07, 6.45) is -3.13. The predicted octanol–water partition coefficient (Wildman–Crippen LogP) is 2.13. The van der Waals surface area contributed by atoms with Crippen molar-refractivity contribution in [3.8, 4) is 0 Å². The predicted molar refractivity (Wildman–Crippen MR) is 58.9 cm³/mol. The molecule has 0 aliphatic carbocycles. The average molecular weight is 284 g/mol. The van der Waals surface area contributed by atoms with E-state index in [1.54, 1.807) is 0 Å². The lowest BCUT2D eigenvalue weighted by molar-refractivity contribution is -0.126. The minimum atomic E-state index is -3.88. The van der Waals surface area contributed by atoms with E-state index in [9.17, 15) is 22.0 Å². The van der Waals surface area contributed by atoms with Gasteiger partial charge in [0.2, 0.25) is 0 Å². The van der Waals surface area contributed by atoms with Crippen LogP contribution in [0.1, 0.15) is 5.56 Å². The summed E-state index contributed by atoms with van der Waals surface area (Å²) in [4.78, 5) is 10.6. The number of hydrogen-bond acceptors (Lipinski definition) is 3. The number of halogens is 3. The molecule has 0 aromatic heterocycles. The maximum absolute atomic E-state index is 12.0. The summed E-state index contributed by atoms with van der Waals surface area (Å²) in [7, 11) is 1.23. The van der Waals surface area contributed by atoms with Crippen LogP contribution in [0.25, 0.3) is 0 Å². The molecule has 0 unspecified atom stereocenters. The van der Waals surface area contributed by atoms with Crippen molar-refractivity contribution in [2.24, 2.45) is 0 Å². The average Bonchev–Trinajstić information content (AvgIpc) is 2.19. The molecule has 94 valence electrons. The normalized spacial score (nSPS) is 11.6. The molecule has 4 nitrogen and oxygen atoms in total. The lowest BCUT2D eigenvalue weighted by Gasteiger charge is -2.08. The standard InChI is InChI=1S/C9H8ClF2NO3S/c1-5-4-6(17(10,15)16)2-3-7(5)13-9(14)8(11)12/h2-4,8H,1H3,(H,13,14). The SMILES string of the molecule is Cc1cc(S(=O)(=O)Cl)ccc1NC(=O)C(F)F. The summed E-state index contributed by atoms with van der Waals surface area (Å²) in [5.74, 6) is -1.45. The number of carbonyl (C=O) groups is 1. The fraction of sp³-hybridized carbons (Fsp3) is 0.222. The third kappa shape index (κ3) is 3.64. The van der Waals surface area contributed by atoms with Crippen molar-refractivity contribution >= 4 is 31.3 Å². The van der Waals surface area contributed by atoms with Crippen LogP contribution in [0.5, 0.6) is 0 Å². The van der Waals surface area contributed by atoms with E-state index in [4.69, 9.17) is 10.7 Å². The van der Waals surface area contributed by atoms with Crippen molar-refractivity contribution in [1.82, 2.24) is 0 Å². The molecular formula is C9H8ClF2NO3S. The molecule has 0 heterocycles. The minimum absolute atomic E-state index is 0.111. The Bertz CT molecular complexity index is 545. The van der Waals surface area contributed by atoms with Gasteiger partial charge in [-0.15, -0.1) is 0 Å². The van der Waals surface area contributed by atoms with E-state index in [1.807, 2.05) is 5.32 Å². The number of hydrogen-bond donors (Lipinski definition) is 1. The summed E-state index contributed by atoms with van der Waals surface area (Å²) in [5, 5.41) is 1.96. The molecule has 1 N–H and O–H groups in total. The fourth-order valence-electron chi connectivity index (χ4n) is 1.12. The summed E-state index contributed by atoms with van der Waals surface area (Å²) >= 11 is 0. The Balaban J connectivity index is 3.03. The molecule has 0 saturated carbocycles. The van der Waals surface area contributed by atoms with Gasteiger partial charge in [-0.1, -0.05) is 0 Å². The van der Waals surface area contributed by atoms with Gasteiger partial charge in [0.15, 0.2) is 0 Å². The number of rotatable bonds is 3. The number of carbonyl (C=O) groups excluding carboxylic acids is 1. The van der Waals surface area contributed by atoms with Gasteiger partial charge in [-0.2, -0.15) is 8.78 Å². The second-order valence-electron chi connectivity index (χ2n) is 3.20. The van der Waals surface area contributed by atoms with Crippen LogP contribution >= 0.6 is 10.7 Å². The minimum Gasteiger partial charge on any atom is -0.321 e. The van der Waals surface area contributed by atoms with E-state index in [0.717, 1.165) is 6.07 Å². The third-order valence-electron chi connectivity index (χ3n) is 1.94. The van der Waals surface area contributed by atoms with Gasteiger partial charge in [-0.3, -0.25) is 4.79 Å². The van der Waals surface area contributed by atoms with Crippen LogP contribution in [0.2, 0.25) is 0 Å². The lowest BCUT2D eigenvalue weighted by Crippen LogP contribution is -2.20. The molecule has 1 aromatic rings. The van der Waals surface area contributed by atoms with Gasteiger partial charge in [0.1, 0.15) is 0 Å². The highest BCUT2D eigenvalue weighted by Crippen LogP contribution is 2.22. The Hall–Kier alpha value is -1.21. The van der Waals surface area contributed by atoms with Crippen LogP contribution in [0.15, 0.2) is 23.1 Å². The van der Waals surface area contributed by atoms with Crippen LogP contribution in [0.3, 0.4) is 0 Å². The maximum atomic E-state index is 12.0. The Labute approximate surface area is 101 Å². The largest absolute Gasteiger partial charge is 0.321 e. The summed E-state index contributed by atoms with van der Waals surface area (Å²) in [6, 6.07) is 3.50. The van der Waals surface area contributed by atoms with Crippen molar-refractivity contribution in [3.05, 3.63) is 23.8 Å². The highest BCUT2D eigenvalue weighted by molar-refractivity contribution is 8.13. The first-order valence-corrected chi connectivity index (χ1v) is 6.67. The summed E-state index contributed by atoms with van der Waals surface area (Å²) in [5.41, 5.74) is 0.431. The Morgan fingerprint density at radius 2 is 2.00 bits per heavy atom. The monoisotopic (exact) mass is 283 g/mol. The molecule has 8 heteroatoms. The van der Waals surface area contributed by atoms with E-state index >= 15 is 0 Å². The number of aryl methyl sites for hydroxylation is 1. The molecule has 0 saturated heterocycles. The van der Waals surface area contributed by atoms with Crippen LogP contribution in [-0.4, -0.2) is 20.8 Å². The first-order chi connectivity index (χ1) is 7.71. The van der Waals surface area contributed by atoms with Crippen LogP contribution in [-0.2, 0) is 13.8 Å². The highest BCUT2D eigenvalue weighted by Gasteiger charge is 2.17. The molecule has 0 fully saturated rings. The van der Waals surface area contributed by atoms with Gasteiger partial charge in [-0.25, -0.2) is 8.42 Å². The number of anilines is 1. The molecule has 0 atom stereocenters. The third-order valence-corrected chi connectivity index (χ3v) is 3.29. The van der Waals surface area contributed by atoms with Crippen molar-refractivity contribution in [1.29, 1.82) is 0 Å². The van der Waals surface area contributed by atoms with Gasteiger partial charge in [0, 0.05) is 16.4 Å². The van der Waals surface area contributed by atoms with Gasteiger partial charge in [0.05, 0.1) is 4.90 Å². The number of nitrogens with one attached hydrogen (secondary N) is 1. The van der Waals surface area contributed by atoms with Crippen molar-refractivity contribution < 1.29 is 22.0 Å². The lowest BCUT2D eigenvalue weighted by atomic mass is 10.2. The smallest absolute Gasteiger partial charge is 0.315 e. The number of alkyl halides is 2. The van der Waals surface area contributed by atoms with E-state index < -0.39 is 21.4 Å². The second kappa shape index (κ2) is 4.97. The van der Waals surface area contributed by atoms with Crippen molar-refractivity contribution in [2.75, 3.05) is 5.32 Å². The molecule has 0 spiro atoms. The molecule has 1 aromatic carbocycles. The number of amides is 1. The number of benzene rings is 1. The van der Waals surface area contributed by atoms with Gasteiger partial charge in [-0.05, 0) is 30.7 Å². The van der Waals surface area contributed by atoms with Crippen molar-refractivity contribution in [3.63, 3.8) is 0 Å². The second-order valence-corrected chi connectivity index (χ2v) is 5.77. The van der Waals surface area contributed by atoms with E-state index in [-0.39, 0.29) is 10.6 Å². The molecule has 1 rings (SSSR count). The molecule has 0 radical (unpaired) electrons. The quantitative estimate of drug-likeness (QED) is 0.864. The Morgan fingerprint density at radius 1 is 1.41 bits per heavy atom. The fourth-order valence-corrected chi connectivity index (χ4v) is 1.95. The van der Waals surface area contributed by atoms with Gasteiger partial charge < -0.3 is 5.32 Å². The van der Waals surface area contributed by atoms with E-state index in [0.29, 0.717) is 5.56 Å². The molecule has 17 heavy (non-hydrogen) atoms. The molecule has 1 amide bonds. The van der Waals surface area contributed by atoms with Gasteiger partial charge in [0.25, 0.3) is 15.0 Å². The van der Waals surface area contributed by atoms with Gasteiger partial charge >= 0.3 is 6.43 Å². The molecule has 0 aliphatic heterocycles. The van der Waals surface area contributed by atoms with Crippen molar-refractivity contribution in [2.45, 2.75) is 18.2 Å². The highest BCUT2D eigenvalue weighted by atomic mass is 35.7. The zero-order valence-electron chi connectivity index (χ0n) is 8.58. The van der Waals surface area contributed by atoms with E-state index in [1.165, 1.54) is 19.1 Å². The van der Waals surface area contributed by atoms with Crippen LogP contribution in [0.4, 0.5) is 14.5 Å². The zero-order valence-corrected chi connectivity index (χ0v) is 10.1. The van der Waals surface area contributed by atoms with Crippen LogP contribution in [0, 0.1) is 6.92 Å². The molecular weight excluding hydrogens is 276 g/mol. The molecule has 0 aliphatic rings. The Kier molecular flexibility index (Phi) is 4.05. The van der Waals surface area contributed by atoms with E-state index in [2.05, 4.69) is 0 Å². The molecule has 0 bridgehead atoms. The first kappa shape index (κ1) is 13.9. The topological polar surface area (TPSA) is 63.2 Å². The zero-order chi connectivity index (χ0) is 13.2. The summed E-state index contributed by atoms with van der Waals surface area (Å²) < 4.78 is 45.9. The van der Waals surface area contributed by atoms with Crippen LogP contribution < -0.4 is 5.32 Å². The maximum Gasteiger partial charge on any atom is 0.315 e. The first-order valence-electron chi connectivity index (χ1n) is 4.36. The summed E-state index contributed by atoms with van der Waals surface area (Å²) in [6.45, 7) is 1.46.